The number of amides is 1. The van der Waals surface area contributed by atoms with Crippen molar-refractivity contribution in [3.05, 3.63) is 0 Å². The van der Waals surface area contributed by atoms with Crippen molar-refractivity contribution in [1.29, 1.82) is 0 Å². The van der Waals surface area contributed by atoms with Gasteiger partial charge in [0.15, 0.2) is 0 Å². The molecule has 18 heavy (non-hydrogen) atoms. The van der Waals surface area contributed by atoms with E-state index in [1.165, 1.54) is 11.9 Å². The summed E-state index contributed by atoms with van der Waals surface area (Å²) in [4.78, 5) is 24.4. The van der Waals surface area contributed by atoms with Gasteiger partial charge in [-0.15, -0.1) is 0 Å². The van der Waals surface area contributed by atoms with Crippen LogP contribution >= 0.6 is 0 Å². The van der Waals surface area contributed by atoms with Gasteiger partial charge in [-0.25, -0.2) is 4.79 Å². The lowest BCUT2D eigenvalue weighted by molar-refractivity contribution is -0.136. The van der Waals surface area contributed by atoms with Crippen molar-refractivity contribution >= 4 is 20.4 Å². The molecule has 0 aliphatic heterocycles. The first kappa shape index (κ1) is 17.0. The molecule has 1 amide bonds. The van der Waals surface area contributed by atoms with Crippen LogP contribution in [0.5, 0.6) is 0 Å². The predicted molar refractivity (Wildman–Crippen MR) is 72.9 cm³/mol. The smallest absolute Gasteiger partial charge is 0.410 e. The highest BCUT2D eigenvalue weighted by Crippen LogP contribution is 2.36. The fourth-order valence-corrected chi connectivity index (χ4v) is 1.90. The van der Waals surface area contributed by atoms with Crippen LogP contribution in [0.2, 0.25) is 18.1 Å². The number of likely N-dealkylation sites (N-methyl/N-ethyl adjacent to an activating group) is 1. The van der Waals surface area contributed by atoms with Crippen LogP contribution in [-0.2, 0) is 14.0 Å². The third-order valence-corrected chi connectivity index (χ3v) is 7.47. The van der Waals surface area contributed by atoms with Crippen molar-refractivity contribution in [3.8, 4) is 0 Å². The summed E-state index contributed by atoms with van der Waals surface area (Å²) < 4.78 is 10.3. The number of hydrogen-bond acceptors (Lipinski definition) is 4. The van der Waals surface area contributed by atoms with E-state index in [1.54, 1.807) is 6.92 Å². The van der Waals surface area contributed by atoms with Gasteiger partial charge in [0, 0.05) is 7.05 Å². The van der Waals surface area contributed by atoms with E-state index in [0.717, 1.165) is 0 Å². The molecule has 0 aromatic heterocycles. The summed E-state index contributed by atoms with van der Waals surface area (Å²) in [5.74, 6) is -0.378. The zero-order chi connectivity index (χ0) is 14.6. The molecule has 0 rings (SSSR count). The Morgan fingerprint density at radius 3 is 2.11 bits per heavy atom. The second-order valence-electron chi connectivity index (χ2n) is 5.79. The van der Waals surface area contributed by atoms with Gasteiger partial charge in [-0.05, 0) is 25.1 Å². The molecule has 0 aliphatic rings. The van der Waals surface area contributed by atoms with Crippen LogP contribution in [0.3, 0.4) is 0 Å². The van der Waals surface area contributed by atoms with Gasteiger partial charge in [-0.3, -0.25) is 4.79 Å². The van der Waals surface area contributed by atoms with Crippen LogP contribution < -0.4 is 0 Å². The first-order valence-electron chi connectivity index (χ1n) is 6.11. The van der Waals surface area contributed by atoms with Gasteiger partial charge in [0.2, 0.25) is 0 Å². The van der Waals surface area contributed by atoms with Crippen LogP contribution in [0.15, 0.2) is 0 Å². The van der Waals surface area contributed by atoms with E-state index in [2.05, 4.69) is 20.8 Å². The van der Waals surface area contributed by atoms with Gasteiger partial charge in [0.05, 0.1) is 6.61 Å². The molecule has 0 heterocycles. The van der Waals surface area contributed by atoms with Gasteiger partial charge in [-0.1, -0.05) is 20.8 Å². The van der Waals surface area contributed by atoms with Gasteiger partial charge in [-0.2, -0.15) is 0 Å². The van der Waals surface area contributed by atoms with Crippen molar-refractivity contribution in [1.82, 2.24) is 4.90 Å². The van der Waals surface area contributed by atoms with E-state index in [-0.39, 0.29) is 17.6 Å². The fraction of sp³-hybridized carbons (Fsp3) is 0.833. The van der Waals surface area contributed by atoms with Crippen molar-refractivity contribution in [2.24, 2.45) is 0 Å². The second-order valence-corrected chi connectivity index (χ2v) is 10.5. The Morgan fingerprint density at radius 1 is 1.22 bits per heavy atom. The quantitative estimate of drug-likeness (QED) is 0.740. The molecule has 0 aromatic carbocycles. The number of ether oxygens (including phenoxy) is 1. The molecule has 0 N–H and O–H groups in total. The summed E-state index contributed by atoms with van der Waals surface area (Å²) in [6.45, 7) is 12.1. The summed E-state index contributed by atoms with van der Waals surface area (Å²) in [7, 11) is -0.598. The van der Waals surface area contributed by atoms with Gasteiger partial charge >= 0.3 is 12.1 Å². The Kier molecular flexibility index (Phi) is 5.86. The van der Waals surface area contributed by atoms with E-state index in [1.807, 2.05) is 13.1 Å². The normalized spacial score (nSPS) is 11.9. The Hall–Kier alpha value is -1.04. The Labute approximate surface area is 111 Å². The van der Waals surface area contributed by atoms with E-state index in [0.29, 0.717) is 6.61 Å². The molecule has 0 radical (unpaired) electrons. The highest BCUT2D eigenvalue weighted by molar-refractivity contribution is 6.75. The zero-order valence-corrected chi connectivity index (χ0v) is 13.5. The average molecular weight is 275 g/mol. The molecule has 5 nitrogen and oxygen atoms in total. The maximum absolute atomic E-state index is 11.8. The van der Waals surface area contributed by atoms with Gasteiger partial charge in [0.1, 0.15) is 6.54 Å². The number of rotatable bonds is 4. The molecular formula is C12H25NO4Si. The second kappa shape index (κ2) is 6.22. The zero-order valence-electron chi connectivity index (χ0n) is 12.5. The van der Waals surface area contributed by atoms with E-state index in [9.17, 15) is 9.59 Å². The number of hydrogen-bond donors (Lipinski definition) is 0. The topological polar surface area (TPSA) is 55.8 Å². The summed E-state index contributed by atoms with van der Waals surface area (Å²) in [5, 5.41) is -0.0365. The van der Waals surface area contributed by atoms with Crippen LogP contribution in [0.25, 0.3) is 0 Å². The largest absolute Gasteiger partial charge is 0.518 e. The van der Waals surface area contributed by atoms with Crippen molar-refractivity contribution in [2.45, 2.75) is 45.8 Å². The number of nitrogens with zero attached hydrogens (tertiary/aromatic N) is 1. The fourth-order valence-electron chi connectivity index (χ4n) is 0.962. The predicted octanol–water partition coefficient (Wildman–Crippen LogP) is 2.62. The average Bonchev–Trinajstić information content (AvgIpc) is 2.14. The van der Waals surface area contributed by atoms with E-state index in [4.69, 9.17) is 9.16 Å². The summed E-state index contributed by atoms with van der Waals surface area (Å²) in [6, 6.07) is 0. The lowest BCUT2D eigenvalue weighted by Gasteiger charge is -2.35. The van der Waals surface area contributed by atoms with Crippen molar-refractivity contribution in [2.75, 3.05) is 20.2 Å². The Morgan fingerprint density at radius 2 is 1.72 bits per heavy atom. The number of carbonyl (C=O) groups is 2. The third-order valence-electron chi connectivity index (χ3n) is 3.12. The Balaban J connectivity index is 4.40. The minimum atomic E-state index is -2.12. The molecule has 106 valence electrons. The molecule has 0 aromatic rings. The van der Waals surface area contributed by atoms with Crippen LogP contribution in [0.1, 0.15) is 27.7 Å². The molecule has 0 saturated carbocycles. The molecule has 0 aliphatic carbocycles. The molecule has 0 unspecified atom stereocenters. The van der Waals surface area contributed by atoms with E-state index < -0.39 is 14.4 Å². The maximum atomic E-state index is 11.8. The Bertz CT molecular complexity index is 310. The molecular weight excluding hydrogens is 250 g/mol. The van der Waals surface area contributed by atoms with Crippen LogP contribution in [0.4, 0.5) is 4.79 Å². The molecule has 0 bridgehead atoms. The van der Waals surface area contributed by atoms with Crippen LogP contribution in [-0.4, -0.2) is 45.5 Å². The molecule has 0 saturated heterocycles. The summed E-state index contributed by atoms with van der Waals surface area (Å²) >= 11 is 0. The minimum Gasteiger partial charge on any atom is -0.518 e. The lowest BCUT2D eigenvalue weighted by atomic mass is 10.2. The standard InChI is InChI=1S/C12H25NO4Si/c1-8-16-11(15)13(5)9-10(14)17-18(6,7)12(2,3)4/h8-9H2,1-7H3. The van der Waals surface area contributed by atoms with Crippen molar-refractivity contribution in [3.63, 3.8) is 0 Å². The maximum Gasteiger partial charge on any atom is 0.410 e. The minimum absolute atomic E-state index is 0.0365. The SMILES string of the molecule is CCOC(=O)N(C)CC(=O)O[Si](C)(C)C(C)(C)C. The number of carbonyl (C=O) groups excluding carboxylic acids is 2. The summed E-state index contributed by atoms with van der Waals surface area (Å²) in [6.07, 6.45) is -0.510. The van der Waals surface area contributed by atoms with Crippen molar-refractivity contribution < 1.29 is 18.8 Å². The molecule has 0 atom stereocenters. The highest BCUT2D eigenvalue weighted by atomic mass is 28.4. The lowest BCUT2D eigenvalue weighted by Crippen LogP contribution is -2.45. The van der Waals surface area contributed by atoms with Gasteiger partial charge < -0.3 is 14.1 Å². The molecule has 0 spiro atoms. The molecule has 6 heteroatoms. The monoisotopic (exact) mass is 275 g/mol. The molecule has 0 fully saturated rings. The van der Waals surface area contributed by atoms with Crippen LogP contribution in [0, 0.1) is 0 Å². The third kappa shape index (κ3) is 5.08. The first-order chi connectivity index (χ1) is 8.01. The first-order valence-corrected chi connectivity index (χ1v) is 9.02. The van der Waals surface area contributed by atoms with Gasteiger partial charge in [0.25, 0.3) is 8.32 Å². The highest BCUT2D eigenvalue weighted by Gasteiger charge is 2.40. The summed E-state index contributed by atoms with van der Waals surface area (Å²) in [5.41, 5.74) is 0. The van der Waals surface area contributed by atoms with E-state index >= 15 is 0 Å².